The van der Waals surface area contributed by atoms with Crippen LogP contribution in [-0.2, 0) is 10.2 Å². The molecule has 0 amide bonds. The largest absolute Gasteiger partial charge is 0.480 e. The van der Waals surface area contributed by atoms with Gasteiger partial charge in [-0.15, -0.1) is 0 Å². The van der Waals surface area contributed by atoms with Gasteiger partial charge in [0.1, 0.15) is 6.04 Å². The first-order chi connectivity index (χ1) is 7.23. The molecule has 1 aromatic carbocycles. The van der Waals surface area contributed by atoms with E-state index in [1.165, 1.54) is 0 Å². The van der Waals surface area contributed by atoms with Crippen molar-refractivity contribution >= 4 is 21.9 Å². The molecule has 3 nitrogen and oxygen atoms in total. The molecule has 16 heavy (non-hydrogen) atoms. The number of aliphatic carboxylic acids is 1. The van der Waals surface area contributed by atoms with Crippen molar-refractivity contribution in [1.82, 2.24) is 0 Å². The lowest BCUT2D eigenvalue weighted by atomic mass is 9.82. The van der Waals surface area contributed by atoms with E-state index in [1.807, 2.05) is 32.9 Å². The van der Waals surface area contributed by atoms with Crippen molar-refractivity contribution in [2.45, 2.75) is 32.2 Å². The molecule has 1 atom stereocenters. The second-order valence-electron chi connectivity index (χ2n) is 4.80. The highest BCUT2D eigenvalue weighted by Gasteiger charge is 2.24. The van der Waals surface area contributed by atoms with E-state index in [-0.39, 0.29) is 5.41 Å². The van der Waals surface area contributed by atoms with Gasteiger partial charge in [0.05, 0.1) is 0 Å². The Morgan fingerprint density at radius 3 is 2.44 bits per heavy atom. The zero-order chi connectivity index (χ0) is 12.5. The summed E-state index contributed by atoms with van der Waals surface area (Å²) in [5.41, 5.74) is 7.19. The maximum atomic E-state index is 10.9. The molecule has 0 saturated heterocycles. The van der Waals surface area contributed by atoms with Crippen LogP contribution in [0.3, 0.4) is 0 Å². The third kappa shape index (κ3) is 2.83. The predicted octanol–water partition coefficient (Wildman–Crippen LogP) is 2.83. The molecule has 1 unspecified atom stereocenters. The quantitative estimate of drug-likeness (QED) is 0.878. The summed E-state index contributed by atoms with van der Waals surface area (Å²) >= 11 is 3.33. The average Bonchev–Trinajstić information content (AvgIpc) is 2.14. The van der Waals surface area contributed by atoms with Crippen LogP contribution in [0.15, 0.2) is 22.7 Å². The lowest BCUT2D eigenvalue weighted by Crippen LogP contribution is -2.25. The van der Waals surface area contributed by atoms with E-state index >= 15 is 0 Å². The Kier molecular flexibility index (Phi) is 3.76. The third-order valence-corrected chi connectivity index (χ3v) is 2.92. The second kappa shape index (κ2) is 4.55. The maximum Gasteiger partial charge on any atom is 0.325 e. The van der Waals surface area contributed by atoms with Gasteiger partial charge in [-0.05, 0) is 28.7 Å². The molecule has 0 aliphatic rings. The predicted molar refractivity (Wildman–Crippen MR) is 67.4 cm³/mol. The molecule has 88 valence electrons. The molecule has 0 spiro atoms. The van der Waals surface area contributed by atoms with Crippen LogP contribution in [0.1, 0.15) is 37.9 Å². The van der Waals surface area contributed by atoms with Crippen molar-refractivity contribution in [1.29, 1.82) is 0 Å². The summed E-state index contributed by atoms with van der Waals surface area (Å²) < 4.78 is 0.840. The Balaban J connectivity index is 3.35. The van der Waals surface area contributed by atoms with E-state index < -0.39 is 12.0 Å². The van der Waals surface area contributed by atoms with Crippen molar-refractivity contribution in [2.75, 3.05) is 0 Å². The number of carbonyl (C=O) groups is 1. The lowest BCUT2D eigenvalue weighted by molar-refractivity contribution is -0.138. The second-order valence-corrected chi connectivity index (χ2v) is 5.71. The Morgan fingerprint density at radius 2 is 2.00 bits per heavy atom. The number of rotatable bonds is 2. The Morgan fingerprint density at radius 1 is 1.44 bits per heavy atom. The summed E-state index contributed by atoms with van der Waals surface area (Å²) in [5.74, 6) is -1.01. The standard InChI is InChI=1S/C12H16BrNO2/c1-12(2,3)9-5-4-7(13)6-8(9)10(14)11(15)16/h4-6,10H,14H2,1-3H3,(H,15,16). The summed E-state index contributed by atoms with van der Waals surface area (Å²) in [4.78, 5) is 10.9. The highest BCUT2D eigenvalue weighted by Crippen LogP contribution is 2.31. The van der Waals surface area contributed by atoms with Gasteiger partial charge in [-0.1, -0.05) is 42.8 Å². The molecule has 0 aliphatic carbocycles. The van der Waals surface area contributed by atoms with Gasteiger partial charge in [-0.2, -0.15) is 0 Å². The lowest BCUT2D eigenvalue weighted by Gasteiger charge is -2.24. The number of hydrogen-bond donors (Lipinski definition) is 2. The minimum Gasteiger partial charge on any atom is -0.480 e. The van der Waals surface area contributed by atoms with Gasteiger partial charge in [0.25, 0.3) is 0 Å². The van der Waals surface area contributed by atoms with E-state index in [9.17, 15) is 4.79 Å². The van der Waals surface area contributed by atoms with Gasteiger partial charge in [-0.3, -0.25) is 4.79 Å². The van der Waals surface area contributed by atoms with Crippen LogP contribution < -0.4 is 5.73 Å². The maximum absolute atomic E-state index is 10.9. The molecular weight excluding hydrogens is 270 g/mol. The van der Waals surface area contributed by atoms with Crippen molar-refractivity contribution in [2.24, 2.45) is 5.73 Å². The van der Waals surface area contributed by atoms with Crippen LogP contribution in [0.5, 0.6) is 0 Å². The van der Waals surface area contributed by atoms with Crippen LogP contribution in [0, 0.1) is 0 Å². The monoisotopic (exact) mass is 285 g/mol. The smallest absolute Gasteiger partial charge is 0.325 e. The molecule has 0 bridgehead atoms. The van der Waals surface area contributed by atoms with E-state index in [1.54, 1.807) is 6.07 Å². The Hall–Kier alpha value is -0.870. The third-order valence-electron chi connectivity index (χ3n) is 2.42. The first-order valence-electron chi connectivity index (χ1n) is 5.02. The summed E-state index contributed by atoms with van der Waals surface area (Å²) in [6, 6.07) is 4.62. The van der Waals surface area contributed by atoms with Crippen LogP contribution in [0.4, 0.5) is 0 Å². The fraction of sp³-hybridized carbons (Fsp3) is 0.417. The van der Waals surface area contributed by atoms with E-state index in [4.69, 9.17) is 10.8 Å². The number of nitrogens with two attached hydrogens (primary N) is 1. The minimum atomic E-state index is -1.01. The van der Waals surface area contributed by atoms with Crippen molar-refractivity contribution in [3.63, 3.8) is 0 Å². The van der Waals surface area contributed by atoms with Crippen LogP contribution >= 0.6 is 15.9 Å². The summed E-state index contributed by atoms with van der Waals surface area (Å²) in [7, 11) is 0. The fourth-order valence-corrected chi connectivity index (χ4v) is 1.99. The van der Waals surface area contributed by atoms with Crippen LogP contribution in [0.25, 0.3) is 0 Å². The highest BCUT2D eigenvalue weighted by molar-refractivity contribution is 9.10. The molecule has 4 heteroatoms. The zero-order valence-corrected chi connectivity index (χ0v) is 11.2. The van der Waals surface area contributed by atoms with Gasteiger partial charge >= 0.3 is 5.97 Å². The highest BCUT2D eigenvalue weighted by atomic mass is 79.9. The summed E-state index contributed by atoms with van der Waals surface area (Å²) in [6.45, 7) is 6.11. The number of carboxylic acid groups (broad SMARTS) is 1. The van der Waals surface area contributed by atoms with Crippen molar-refractivity contribution in [3.05, 3.63) is 33.8 Å². The topological polar surface area (TPSA) is 63.3 Å². The molecule has 0 heterocycles. The number of halogens is 1. The Labute approximate surface area is 104 Å². The molecular formula is C12H16BrNO2. The molecule has 0 aliphatic heterocycles. The SMILES string of the molecule is CC(C)(C)c1ccc(Br)cc1C(N)C(=O)O. The van der Waals surface area contributed by atoms with Crippen LogP contribution in [-0.4, -0.2) is 11.1 Å². The van der Waals surface area contributed by atoms with Gasteiger partial charge in [0.15, 0.2) is 0 Å². The average molecular weight is 286 g/mol. The molecule has 3 N–H and O–H groups in total. The minimum absolute atomic E-state index is 0.122. The first-order valence-corrected chi connectivity index (χ1v) is 5.81. The van der Waals surface area contributed by atoms with Gasteiger partial charge in [0, 0.05) is 4.47 Å². The van der Waals surface area contributed by atoms with Crippen LogP contribution in [0.2, 0.25) is 0 Å². The van der Waals surface area contributed by atoms with E-state index in [0.717, 1.165) is 10.0 Å². The normalized spacial score (nSPS) is 13.6. The van der Waals surface area contributed by atoms with Gasteiger partial charge in [-0.25, -0.2) is 0 Å². The van der Waals surface area contributed by atoms with Crippen molar-refractivity contribution in [3.8, 4) is 0 Å². The molecule has 0 aromatic heterocycles. The number of carboxylic acids is 1. The number of benzene rings is 1. The van der Waals surface area contributed by atoms with E-state index in [0.29, 0.717) is 5.56 Å². The summed E-state index contributed by atoms with van der Waals surface area (Å²) in [5, 5.41) is 8.98. The summed E-state index contributed by atoms with van der Waals surface area (Å²) in [6.07, 6.45) is 0. The molecule has 0 saturated carbocycles. The molecule has 1 rings (SSSR count). The molecule has 0 fully saturated rings. The first kappa shape index (κ1) is 13.2. The van der Waals surface area contributed by atoms with Crippen molar-refractivity contribution < 1.29 is 9.90 Å². The number of hydrogen-bond acceptors (Lipinski definition) is 2. The molecule has 1 aromatic rings. The zero-order valence-electron chi connectivity index (χ0n) is 9.62. The fourth-order valence-electron chi connectivity index (χ4n) is 1.61. The Bertz CT molecular complexity index is 410. The molecule has 0 radical (unpaired) electrons. The van der Waals surface area contributed by atoms with Gasteiger partial charge in [0.2, 0.25) is 0 Å². The van der Waals surface area contributed by atoms with E-state index in [2.05, 4.69) is 15.9 Å². The van der Waals surface area contributed by atoms with Gasteiger partial charge < -0.3 is 10.8 Å².